The number of hydrogen-bond donors (Lipinski definition) is 0. The lowest BCUT2D eigenvalue weighted by Crippen LogP contribution is -2.44. The fourth-order valence-corrected chi connectivity index (χ4v) is 3.68. The summed E-state index contributed by atoms with van der Waals surface area (Å²) in [6.07, 6.45) is 6.60. The third-order valence-electron chi connectivity index (χ3n) is 4.94. The fraction of sp³-hybridized carbons (Fsp3) is 0.706. The molecule has 0 aromatic heterocycles. The van der Waals surface area contributed by atoms with Crippen molar-refractivity contribution in [2.75, 3.05) is 7.11 Å². The molecule has 0 saturated heterocycles. The first-order valence-electron chi connectivity index (χ1n) is 7.17. The predicted octanol–water partition coefficient (Wildman–Crippen LogP) is 3.78. The smallest absolute Gasteiger partial charge is 0.126 e. The van der Waals surface area contributed by atoms with Gasteiger partial charge >= 0.3 is 0 Å². The molecular formula is C17H26O2. The molecule has 0 fully saturated rings. The molecule has 2 rings (SSSR count). The molecule has 3 unspecified atom stereocenters. The molecule has 0 aliphatic heterocycles. The first-order valence-corrected chi connectivity index (χ1v) is 7.17. The Labute approximate surface area is 116 Å². The summed E-state index contributed by atoms with van der Waals surface area (Å²) in [6.45, 7) is 11.1. The van der Waals surface area contributed by atoms with Gasteiger partial charge in [0, 0.05) is 23.9 Å². The van der Waals surface area contributed by atoms with Gasteiger partial charge in [-0.05, 0) is 17.9 Å². The maximum Gasteiger partial charge on any atom is 0.126 e. The van der Waals surface area contributed by atoms with Crippen molar-refractivity contribution in [2.45, 2.75) is 47.1 Å². The molecule has 2 nitrogen and oxygen atoms in total. The number of hydrogen-bond acceptors (Lipinski definition) is 2. The van der Waals surface area contributed by atoms with Crippen LogP contribution < -0.4 is 0 Å². The minimum atomic E-state index is -0.0736. The molecule has 0 N–H and O–H groups in total. The molecule has 2 aliphatic rings. The second kappa shape index (κ2) is 4.59. The molecule has 0 aromatic rings. The van der Waals surface area contributed by atoms with E-state index >= 15 is 0 Å². The Hall–Kier alpha value is -0.890. The third-order valence-corrected chi connectivity index (χ3v) is 4.94. The van der Waals surface area contributed by atoms with Crippen molar-refractivity contribution in [1.82, 2.24) is 0 Å². The third kappa shape index (κ3) is 2.20. The van der Waals surface area contributed by atoms with Crippen molar-refractivity contribution < 1.29 is 9.53 Å². The van der Waals surface area contributed by atoms with Crippen molar-refractivity contribution in [2.24, 2.45) is 22.7 Å². The van der Waals surface area contributed by atoms with Gasteiger partial charge in [-0.3, -0.25) is 0 Å². The maximum absolute atomic E-state index is 11.5. The molecule has 0 radical (unpaired) electrons. The highest BCUT2D eigenvalue weighted by Crippen LogP contribution is 2.52. The SMILES string of the molecule is COC1C2=C(CC(C)C1C=O)C(C)(C)C=CC2(C)C. The summed E-state index contributed by atoms with van der Waals surface area (Å²) in [6, 6.07) is 0. The molecule has 3 atom stereocenters. The van der Waals surface area contributed by atoms with E-state index in [1.807, 2.05) is 0 Å². The molecule has 0 bridgehead atoms. The van der Waals surface area contributed by atoms with Crippen LogP contribution in [0.1, 0.15) is 41.0 Å². The Bertz CT molecular complexity index is 440. The molecule has 19 heavy (non-hydrogen) atoms. The highest BCUT2D eigenvalue weighted by atomic mass is 16.5. The standard InChI is InChI=1S/C17H26O2/c1-11-9-13-14(15(19-6)12(11)10-18)17(4,5)8-7-16(13,2)3/h7-8,10-12,15H,9H2,1-6H3. The fourth-order valence-electron chi connectivity index (χ4n) is 3.68. The van der Waals surface area contributed by atoms with Crippen LogP contribution in [-0.2, 0) is 9.53 Å². The van der Waals surface area contributed by atoms with Gasteiger partial charge in [-0.2, -0.15) is 0 Å². The largest absolute Gasteiger partial charge is 0.376 e. The zero-order chi connectivity index (χ0) is 14.4. The van der Waals surface area contributed by atoms with Crippen LogP contribution in [0.3, 0.4) is 0 Å². The van der Waals surface area contributed by atoms with Crippen LogP contribution in [0.25, 0.3) is 0 Å². The highest BCUT2D eigenvalue weighted by molar-refractivity contribution is 5.59. The monoisotopic (exact) mass is 262 g/mol. The van der Waals surface area contributed by atoms with Crippen molar-refractivity contribution in [1.29, 1.82) is 0 Å². The predicted molar refractivity (Wildman–Crippen MR) is 77.9 cm³/mol. The Morgan fingerprint density at radius 2 is 1.79 bits per heavy atom. The van der Waals surface area contributed by atoms with Crippen LogP contribution in [0.15, 0.2) is 23.3 Å². The van der Waals surface area contributed by atoms with Gasteiger partial charge < -0.3 is 9.53 Å². The van der Waals surface area contributed by atoms with Gasteiger partial charge in [0.15, 0.2) is 0 Å². The molecule has 0 spiro atoms. The van der Waals surface area contributed by atoms with Crippen molar-refractivity contribution in [3.05, 3.63) is 23.3 Å². The van der Waals surface area contributed by atoms with Crippen molar-refractivity contribution >= 4 is 6.29 Å². The van der Waals surface area contributed by atoms with E-state index in [-0.39, 0.29) is 22.9 Å². The number of methoxy groups -OCH3 is 1. The van der Waals surface area contributed by atoms with E-state index < -0.39 is 0 Å². The lowest BCUT2D eigenvalue weighted by Gasteiger charge is -2.48. The molecule has 106 valence electrons. The molecule has 0 amide bonds. The Balaban J connectivity index is 2.60. The number of rotatable bonds is 2. The van der Waals surface area contributed by atoms with E-state index in [0.29, 0.717) is 5.92 Å². The zero-order valence-corrected chi connectivity index (χ0v) is 13.0. The van der Waals surface area contributed by atoms with Gasteiger partial charge in [0.25, 0.3) is 0 Å². The number of allylic oxidation sites excluding steroid dienone is 3. The molecule has 0 aromatic carbocycles. The quantitative estimate of drug-likeness (QED) is 0.559. The summed E-state index contributed by atoms with van der Waals surface area (Å²) >= 11 is 0. The number of carbonyl (C=O) groups is 1. The lowest BCUT2D eigenvalue weighted by atomic mass is 9.59. The molecule has 2 aliphatic carbocycles. The van der Waals surface area contributed by atoms with Crippen molar-refractivity contribution in [3.8, 4) is 0 Å². The van der Waals surface area contributed by atoms with Gasteiger partial charge in [0.05, 0.1) is 6.10 Å². The van der Waals surface area contributed by atoms with Crippen LogP contribution in [0.4, 0.5) is 0 Å². The van der Waals surface area contributed by atoms with E-state index in [1.54, 1.807) is 7.11 Å². The van der Waals surface area contributed by atoms with Crippen LogP contribution in [0.2, 0.25) is 0 Å². The van der Waals surface area contributed by atoms with Gasteiger partial charge in [0.2, 0.25) is 0 Å². The van der Waals surface area contributed by atoms with E-state index in [9.17, 15) is 4.79 Å². The van der Waals surface area contributed by atoms with Crippen molar-refractivity contribution in [3.63, 3.8) is 0 Å². The average Bonchev–Trinajstić information content (AvgIpc) is 2.33. The molecule has 2 heteroatoms. The van der Waals surface area contributed by atoms with E-state index in [0.717, 1.165) is 12.7 Å². The highest BCUT2D eigenvalue weighted by Gasteiger charge is 2.46. The molecule has 0 heterocycles. The minimum absolute atomic E-state index is 0.0209. The Kier molecular flexibility index (Phi) is 3.51. The lowest BCUT2D eigenvalue weighted by molar-refractivity contribution is -0.117. The number of ether oxygens (including phenoxy) is 1. The number of aldehydes is 1. The molecular weight excluding hydrogens is 236 g/mol. The minimum Gasteiger partial charge on any atom is -0.376 e. The topological polar surface area (TPSA) is 26.3 Å². The summed E-state index contributed by atoms with van der Waals surface area (Å²) in [4.78, 5) is 11.5. The van der Waals surface area contributed by atoms with E-state index in [2.05, 4.69) is 46.8 Å². The summed E-state index contributed by atoms with van der Waals surface area (Å²) in [5, 5.41) is 0. The molecule has 0 saturated carbocycles. The van der Waals surface area contributed by atoms with Gasteiger partial charge in [0.1, 0.15) is 6.29 Å². The van der Waals surface area contributed by atoms with Crippen LogP contribution in [0.5, 0.6) is 0 Å². The first kappa shape index (κ1) is 14.5. The van der Waals surface area contributed by atoms with Gasteiger partial charge in [-0.25, -0.2) is 0 Å². The summed E-state index contributed by atoms with van der Waals surface area (Å²) in [5.41, 5.74) is 2.85. The zero-order valence-electron chi connectivity index (χ0n) is 13.0. The average molecular weight is 262 g/mol. The number of carbonyl (C=O) groups excluding carboxylic acids is 1. The summed E-state index contributed by atoms with van der Waals surface area (Å²) in [7, 11) is 1.73. The van der Waals surface area contributed by atoms with Crippen LogP contribution in [0, 0.1) is 22.7 Å². The van der Waals surface area contributed by atoms with Crippen LogP contribution >= 0.6 is 0 Å². The second-order valence-electron chi connectivity index (χ2n) is 7.22. The maximum atomic E-state index is 11.5. The van der Waals surface area contributed by atoms with Gasteiger partial charge in [-0.1, -0.05) is 52.3 Å². The summed E-state index contributed by atoms with van der Waals surface area (Å²) in [5.74, 6) is 0.327. The Morgan fingerprint density at radius 1 is 1.21 bits per heavy atom. The summed E-state index contributed by atoms with van der Waals surface area (Å²) < 4.78 is 5.74. The van der Waals surface area contributed by atoms with Crippen LogP contribution in [-0.4, -0.2) is 19.5 Å². The van der Waals surface area contributed by atoms with Gasteiger partial charge in [-0.15, -0.1) is 0 Å². The first-order chi connectivity index (χ1) is 8.74. The van der Waals surface area contributed by atoms with E-state index in [4.69, 9.17) is 4.74 Å². The Morgan fingerprint density at radius 3 is 2.32 bits per heavy atom. The van der Waals surface area contributed by atoms with E-state index in [1.165, 1.54) is 11.1 Å². The second-order valence-corrected chi connectivity index (χ2v) is 7.22. The normalized spacial score (nSPS) is 36.0.